The third kappa shape index (κ3) is 3.05. The number of morpholine rings is 1. The number of aromatic nitrogens is 5. The van der Waals surface area contributed by atoms with Gasteiger partial charge in [0, 0.05) is 20.1 Å². The molecule has 2 atom stereocenters. The average Bonchev–Trinajstić information content (AvgIpc) is 2.86. The fraction of sp³-hybridized carbons (Fsp3) is 0.615. The second kappa shape index (κ2) is 6.17. The number of thioether (sulfide) groups is 1. The number of ether oxygens (including phenoxy) is 1. The van der Waals surface area contributed by atoms with Crippen LogP contribution in [0.4, 0.5) is 0 Å². The minimum Gasteiger partial charge on any atom is -0.372 e. The van der Waals surface area contributed by atoms with Crippen molar-refractivity contribution in [1.29, 1.82) is 0 Å². The number of fused-ring (bicyclic) bond motifs is 1. The molecule has 0 aromatic carbocycles. The molecule has 0 saturated carbocycles. The number of aryl methyl sites for hydroxylation is 1. The number of carbonyl (C=O) groups excluding carboxylic acids is 1. The van der Waals surface area contributed by atoms with E-state index in [1.54, 1.807) is 11.7 Å². The van der Waals surface area contributed by atoms with Crippen molar-refractivity contribution in [2.45, 2.75) is 31.1 Å². The maximum Gasteiger partial charge on any atom is 0.233 e. The second-order valence-corrected chi connectivity index (χ2v) is 6.37. The zero-order valence-corrected chi connectivity index (χ0v) is 13.6. The number of hydrogen-bond donors (Lipinski definition) is 0. The highest BCUT2D eigenvalue weighted by atomic mass is 32.2. The maximum absolute atomic E-state index is 12.4. The highest BCUT2D eigenvalue weighted by molar-refractivity contribution is 8.00. The Morgan fingerprint density at radius 2 is 2.09 bits per heavy atom. The molecule has 8 nitrogen and oxygen atoms in total. The van der Waals surface area contributed by atoms with Gasteiger partial charge in [0.25, 0.3) is 0 Å². The van der Waals surface area contributed by atoms with Gasteiger partial charge < -0.3 is 9.64 Å². The van der Waals surface area contributed by atoms with Crippen molar-refractivity contribution < 1.29 is 9.53 Å². The molecule has 3 rings (SSSR count). The summed E-state index contributed by atoms with van der Waals surface area (Å²) in [4.78, 5) is 22.6. The average molecular weight is 322 g/mol. The van der Waals surface area contributed by atoms with Crippen LogP contribution in [0.2, 0.25) is 0 Å². The van der Waals surface area contributed by atoms with Crippen LogP contribution in [0.15, 0.2) is 11.4 Å². The topological polar surface area (TPSA) is 86.0 Å². The van der Waals surface area contributed by atoms with Crippen LogP contribution >= 0.6 is 11.8 Å². The maximum atomic E-state index is 12.4. The van der Waals surface area contributed by atoms with Crippen molar-refractivity contribution in [3.8, 4) is 0 Å². The summed E-state index contributed by atoms with van der Waals surface area (Å²) in [5.41, 5.74) is 1.30. The van der Waals surface area contributed by atoms with Gasteiger partial charge in [0.2, 0.25) is 5.91 Å². The first kappa shape index (κ1) is 15.2. The highest BCUT2D eigenvalue weighted by Crippen LogP contribution is 2.23. The van der Waals surface area contributed by atoms with Crippen molar-refractivity contribution in [3.05, 3.63) is 6.33 Å². The monoisotopic (exact) mass is 322 g/mol. The summed E-state index contributed by atoms with van der Waals surface area (Å²) < 4.78 is 7.24. The zero-order valence-electron chi connectivity index (χ0n) is 12.8. The molecule has 0 N–H and O–H groups in total. The first-order chi connectivity index (χ1) is 10.5. The first-order valence-corrected chi connectivity index (χ1v) is 8.09. The summed E-state index contributed by atoms with van der Waals surface area (Å²) in [5, 5.41) is 8.67. The van der Waals surface area contributed by atoms with E-state index in [2.05, 4.69) is 20.3 Å². The minimum absolute atomic E-state index is 0.0726. The van der Waals surface area contributed by atoms with E-state index >= 15 is 0 Å². The van der Waals surface area contributed by atoms with Gasteiger partial charge in [-0.25, -0.2) is 14.6 Å². The Labute approximate surface area is 132 Å². The minimum atomic E-state index is 0.0726. The van der Waals surface area contributed by atoms with E-state index in [0.717, 1.165) is 0 Å². The molecule has 22 heavy (non-hydrogen) atoms. The molecule has 0 radical (unpaired) electrons. The molecule has 9 heteroatoms. The molecule has 0 aliphatic carbocycles. The molecule has 0 spiro atoms. The quantitative estimate of drug-likeness (QED) is 0.600. The molecule has 3 heterocycles. The van der Waals surface area contributed by atoms with Crippen molar-refractivity contribution in [2.24, 2.45) is 7.05 Å². The Kier molecular flexibility index (Phi) is 4.25. The third-order valence-electron chi connectivity index (χ3n) is 3.46. The molecule has 118 valence electrons. The van der Waals surface area contributed by atoms with Crippen LogP contribution in [-0.4, -0.2) is 66.8 Å². The molecular formula is C13H18N6O2S. The molecular weight excluding hydrogens is 304 g/mol. The highest BCUT2D eigenvalue weighted by Gasteiger charge is 2.26. The fourth-order valence-electron chi connectivity index (χ4n) is 2.54. The normalized spacial score (nSPS) is 22.2. The second-order valence-electron chi connectivity index (χ2n) is 5.41. The van der Waals surface area contributed by atoms with E-state index < -0.39 is 0 Å². The summed E-state index contributed by atoms with van der Waals surface area (Å²) in [6.07, 6.45) is 1.61. The molecule has 1 fully saturated rings. The van der Waals surface area contributed by atoms with E-state index in [0.29, 0.717) is 35.0 Å². The van der Waals surface area contributed by atoms with Crippen LogP contribution in [0.1, 0.15) is 13.8 Å². The molecule has 2 aromatic rings. The lowest BCUT2D eigenvalue weighted by Crippen LogP contribution is -2.48. The van der Waals surface area contributed by atoms with E-state index in [-0.39, 0.29) is 18.1 Å². The molecule has 1 aliphatic heterocycles. The standard InChI is InChI=1S/C13H18N6O2S/c1-8-4-19(5-9(2)21-8)10(20)6-22-13-11-12(14-7-15-13)18(3)17-16-11/h7-9H,4-6H2,1-3H3. The van der Waals surface area contributed by atoms with Gasteiger partial charge in [0.15, 0.2) is 11.2 Å². The van der Waals surface area contributed by atoms with Crippen molar-refractivity contribution in [2.75, 3.05) is 18.8 Å². The van der Waals surface area contributed by atoms with E-state index in [4.69, 9.17) is 4.74 Å². The van der Waals surface area contributed by atoms with E-state index in [9.17, 15) is 4.79 Å². The predicted molar refractivity (Wildman–Crippen MR) is 81.4 cm³/mol. The Hall–Kier alpha value is -1.74. The van der Waals surface area contributed by atoms with Gasteiger partial charge in [-0.3, -0.25) is 4.79 Å². The number of rotatable bonds is 3. The van der Waals surface area contributed by atoms with Crippen LogP contribution in [0.5, 0.6) is 0 Å². The summed E-state index contributed by atoms with van der Waals surface area (Å²) in [6.45, 7) is 5.23. The number of carbonyl (C=O) groups is 1. The lowest BCUT2D eigenvalue weighted by Gasteiger charge is -2.35. The van der Waals surface area contributed by atoms with Crippen LogP contribution in [0, 0.1) is 0 Å². The van der Waals surface area contributed by atoms with Crippen LogP contribution in [0.25, 0.3) is 11.2 Å². The summed E-state index contributed by atoms with van der Waals surface area (Å²) >= 11 is 1.37. The van der Waals surface area contributed by atoms with Gasteiger partial charge in [0.1, 0.15) is 11.4 Å². The summed E-state index contributed by atoms with van der Waals surface area (Å²) in [5.74, 6) is 0.407. The van der Waals surface area contributed by atoms with E-state index in [1.165, 1.54) is 18.1 Å². The predicted octanol–water partition coefficient (Wildman–Crippen LogP) is 0.486. The summed E-state index contributed by atoms with van der Waals surface area (Å²) in [6, 6.07) is 0. The number of amides is 1. The lowest BCUT2D eigenvalue weighted by molar-refractivity contribution is -0.140. The summed E-state index contributed by atoms with van der Waals surface area (Å²) in [7, 11) is 1.78. The van der Waals surface area contributed by atoms with Crippen molar-refractivity contribution in [1.82, 2.24) is 29.9 Å². The SMILES string of the molecule is CC1CN(C(=O)CSc2ncnc3c2nnn3C)CC(C)O1. The fourth-order valence-corrected chi connectivity index (χ4v) is 3.37. The van der Waals surface area contributed by atoms with Gasteiger partial charge in [0.05, 0.1) is 18.0 Å². The molecule has 0 bridgehead atoms. The van der Waals surface area contributed by atoms with Crippen LogP contribution in [-0.2, 0) is 16.6 Å². The molecule has 2 unspecified atom stereocenters. The van der Waals surface area contributed by atoms with Crippen molar-refractivity contribution >= 4 is 28.8 Å². The van der Waals surface area contributed by atoms with E-state index in [1.807, 2.05) is 18.7 Å². The Balaban J connectivity index is 1.67. The largest absolute Gasteiger partial charge is 0.372 e. The molecule has 2 aromatic heterocycles. The van der Waals surface area contributed by atoms with Gasteiger partial charge in [-0.05, 0) is 13.8 Å². The molecule has 1 amide bonds. The Morgan fingerprint density at radius 3 is 2.82 bits per heavy atom. The lowest BCUT2D eigenvalue weighted by atomic mass is 10.2. The van der Waals surface area contributed by atoms with Crippen molar-refractivity contribution in [3.63, 3.8) is 0 Å². The van der Waals surface area contributed by atoms with Gasteiger partial charge in [-0.2, -0.15) is 0 Å². The van der Waals surface area contributed by atoms with Gasteiger partial charge >= 0.3 is 0 Å². The van der Waals surface area contributed by atoms with Crippen LogP contribution in [0.3, 0.4) is 0 Å². The first-order valence-electron chi connectivity index (χ1n) is 7.11. The Morgan fingerprint density at radius 1 is 1.36 bits per heavy atom. The van der Waals surface area contributed by atoms with Crippen LogP contribution < -0.4 is 0 Å². The number of nitrogens with zero attached hydrogens (tertiary/aromatic N) is 6. The number of hydrogen-bond acceptors (Lipinski definition) is 7. The zero-order chi connectivity index (χ0) is 15.7. The Bertz CT molecular complexity index is 680. The van der Waals surface area contributed by atoms with Gasteiger partial charge in [-0.1, -0.05) is 17.0 Å². The smallest absolute Gasteiger partial charge is 0.233 e. The molecule has 1 saturated heterocycles. The molecule has 1 aliphatic rings. The third-order valence-corrected chi connectivity index (χ3v) is 4.42. The van der Waals surface area contributed by atoms with Gasteiger partial charge in [-0.15, -0.1) is 5.10 Å².